The van der Waals surface area contributed by atoms with Crippen LogP contribution in [0.4, 0.5) is 0 Å². The van der Waals surface area contributed by atoms with E-state index >= 15 is 0 Å². The highest BCUT2D eigenvalue weighted by molar-refractivity contribution is 5.84. The summed E-state index contributed by atoms with van der Waals surface area (Å²) in [4.78, 5) is 18.2. The molecule has 0 bridgehead atoms. The van der Waals surface area contributed by atoms with E-state index in [2.05, 4.69) is 22.3 Å². The number of carbonyl (C=O) groups is 1. The van der Waals surface area contributed by atoms with Gasteiger partial charge < -0.3 is 10.1 Å². The molecule has 0 aliphatic carbocycles. The molecule has 1 aliphatic heterocycles. The molecule has 1 saturated heterocycles. The minimum atomic E-state index is 0.0421. The number of nitrogens with zero attached hydrogens (tertiary/aromatic N) is 2. The van der Waals surface area contributed by atoms with Gasteiger partial charge in [-0.25, -0.2) is 4.98 Å². The van der Waals surface area contributed by atoms with Gasteiger partial charge in [-0.2, -0.15) is 0 Å². The van der Waals surface area contributed by atoms with Crippen molar-refractivity contribution in [2.45, 2.75) is 25.9 Å². The predicted octanol–water partition coefficient (Wildman–Crippen LogP) is 1.95. The van der Waals surface area contributed by atoms with Crippen LogP contribution in [0.5, 0.6) is 5.75 Å². The van der Waals surface area contributed by atoms with Gasteiger partial charge in [0, 0.05) is 38.0 Å². The van der Waals surface area contributed by atoms with Crippen LogP contribution in [0.1, 0.15) is 19.0 Å². The third-order valence-electron chi connectivity index (χ3n) is 4.03. The Morgan fingerprint density at radius 2 is 2.27 bits per heavy atom. The van der Waals surface area contributed by atoms with Crippen molar-refractivity contribution in [2.24, 2.45) is 0 Å². The number of ether oxygens (including phenoxy) is 1. The van der Waals surface area contributed by atoms with E-state index in [4.69, 9.17) is 9.72 Å². The number of hydrogen-bond donors (Lipinski definition) is 1. The van der Waals surface area contributed by atoms with E-state index in [1.807, 2.05) is 18.2 Å². The van der Waals surface area contributed by atoms with Gasteiger partial charge in [0.2, 0.25) is 5.91 Å². The summed E-state index contributed by atoms with van der Waals surface area (Å²) in [6.07, 6.45) is 0.997. The summed E-state index contributed by atoms with van der Waals surface area (Å²) in [6, 6.07) is 10.3. The van der Waals surface area contributed by atoms with Crippen molar-refractivity contribution in [1.82, 2.24) is 15.2 Å². The van der Waals surface area contributed by atoms with E-state index in [1.54, 1.807) is 14.0 Å². The maximum absolute atomic E-state index is 11.1. The molecular formula is C17H21N3O2. The van der Waals surface area contributed by atoms with Crippen molar-refractivity contribution >= 4 is 16.8 Å². The van der Waals surface area contributed by atoms with Crippen LogP contribution in [0.2, 0.25) is 0 Å². The molecule has 0 saturated carbocycles. The standard InChI is InChI=1S/C17H21N3O2/c1-12(21)18-15-8-9-20(11-15)10-14-7-6-13-4-3-5-16(22-2)17(13)19-14/h3-7,15H,8-11H2,1-2H3,(H,18,21)/t15-/m1/s1. The molecule has 2 heterocycles. The molecule has 22 heavy (non-hydrogen) atoms. The highest BCUT2D eigenvalue weighted by atomic mass is 16.5. The maximum Gasteiger partial charge on any atom is 0.217 e. The van der Waals surface area contributed by atoms with Crippen LogP contribution in [-0.4, -0.2) is 42.0 Å². The molecule has 0 unspecified atom stereocenters. The number of aromatic nitrogens is 1. The molecule has 1 amide bonds. The second kappa shape index (κ2) is 6.32. The number of amides is 1. The van der Waals surface area contributed by atoms with E-state index in [9.17, 15) is 4.79 Å². The first-order valence-corrected chi connectivity index (χ1v) is 7.58. The molecule has 1 aromatic heterocycles. The molecule has 2 aromatic rings. The lowest BCUT2D eigenvalue weighted by Gasteiger charge is -2.16. The number of rotatable bonds is 4. The summed E-state index contributed by atoms with van der Waals surface area (Å²) in [5.41, 5.74) is 1.93. The van der Waals surface area contributed by atoms with E-state index in [-0.39, 0.29) is 11.9 Å². The van der Waals surface area contributed by atoms with Gasteiger partial charge >= 0.3 is 0 Å². The zero-order valence-corrected chi connectivity index (χ0v) is 13.0. The minimum Gasteiger partial charge on any atom is -0.494 e. The Morgan fingerprint density at radius 1 is 1.41 bits per heavy atom. The van der Waals surface area contributed by atoms with Crippen molar-refractivity contribution in [2.75, 3.05) is 20.2 Å². The number of likely N-dealkylation sites (tertiary alicyclic amines) is 1. The van der Waals surface area contributed by atoms with E-state index in [0.717, 1.165) is 48.4 Å². The zero-order valence-electron chi connectivity index (χ0n) is 13.0. The first-order valence-electron chi connectivity index (χ1n) is 7.58. The molecule has 1 aromatic carbocycles. The Hall–Kier alpha value is -2.14. The van der Waals surface area contributed by atoms with Gasteiger partial charge in [-0.1, -0.05) is 18.2 Å². The molecule has 0 radical (unpaired) electrons. The summed E-state index contributed by atoms with van der Waals surface area (Å²) in [6.45, 7) is 4.23. The summed E-state index contributed by atoms with van der Waals surface area (Å²) >= 11 is 0. The number of pyridine rings is 1. The Balaban J connectivity index is 1.73. The van der Waals surface area contributed by atoms with Crippen molar-refractivity contribution in [3.8, 4) is 5.75 Å². The molecule has 0 spiro atoms. The molecule has 3 rings (SSSR count). The van der Waals surface area contributed by atoms with Gasteiger partial charge in [0.1, 0.15) is 11.3 Å². The number of carbonyl (C=O) groups excluding carboxylic acids is 1. The Bertz CT molecular complexity index is 687. The van der Waals surface area contributed by atoms with E-state index < -0.39 is 0 Å². The highest BCUT2D eigenvalue weighted by Gasteiger charge is 2.23. The molecule has 5 nitrogen and oxygen atoms in total. The Kier molecular flexibility index (Phi) is 4.24. The number of hydrogen-bond acceptors (Lipinski definition) is 4. The SMILES string of the molecule is COc1cccc2ccc(CN3CC[C@@H](NC(C)=O)C3)nc12. The lowest BCUT2D eigenvalue weighted by atomic mass is 10.2. The number of fused-ring (bicyclic) bond motifs is 1. The summed E-state index contributed by atoms with van der Waals surface area (Å²) in [5, 5.41) is 4.07. The normalized spacial score (nSPS) is 18.5. The van der Waals surface area contributed by atoms with Gasteiger partial charge in [-0.3, -0.25) is 9.69 Å². The van der Waals surface area contributed by atoms with Gasteiger partial charge in [-0.15, -0.1) is 0 Å². The fraction of sp³-hybridized carbons (Fsp3) is 0.412. The molecular weight excluding hydrogens is 278 g/mol. The fourth-order valence-corrected chi connectivity index (χ4v) is 3.02. The third kappa shape index (κ3) is 3.20. The van der Waals surface area contributed by atoms with Gasteiger partial charge in [0.25, 0.3) is 0 Å². The van der Waals surface area contributed by atoms with Crippen LogP contribution in [0, 0.1) is 0 Å². The van der Waals surface area contributed by atoms with E-state index in [1.165, 1.54) is 0 Å². The summed E-state index contributed by atoms with van der Waals surface area (Å²) in [5.74, 6) is 0.845. The monoisotopic (exact) mass is 299 g/mol. The van der Waals surface area contributed by atoms with Crippen LogP contribution in [0.25, 0.3) is 10.9 Å². The molecule has 1 N–H and O–H groups in total. The van der Waals surface area contributed by atoms with Crippen LogP contribution in [-0.2, 0) is 11.3 Å². The molecule has 116 valence electrons. The lowest BCUT2D eigenvalue weighted by Crippen LogP contribution is -2.35. The Morgan fingerprint density at radius 3 is 3.05 bits per heavy atom. The molecule has 1 atom stereocenters. The first kappa shape index (κ1) is 14.8. The zero-order chi connectivity index (χ0) is 15.5. The number of methoxy groups -OCH3 is 1. The number of para-hydroxylation sites is 1. The number of nitrogens with one attached hydrogen (secondary N) is 1. The lowest BCUT2D eigenvalue weighted by molar-refractivity contribution is -0.119. The smallest absolute Gasteiger partial charge is 0.217 e. The van der Waals surface area contributed by atoms with Gasteiger partial charge in [0.05, 0.1) is 12.8 Å². The van der Waals surface area contributed by atoms with Crippen LogP contribution >= 0.6 is 0 Å². The fourth-order valence-electron chi connectivity index (χ4n) is 3.02. The topological polar surface area (TPSA) is 54.5 Å². The van der Waals surface area contributed by atoms with Crippen LogP contribution in [0.15, 0.2) is 30.3 Å². The average Bonchev–Trinajstić information content (AvgIpc) is 2.92. The second-order valence-corrected chi connectivity index (χ2v) is 5.76. The van der Waals surface area contributed by atoms with E-state index in [0.29, 0.717) is 0 Å². The first-order chi connectivity index (χ1) is 10.7. The summed E-state index contributed by atoms with van der Waals surface area (Å²) in [7, 11) is 1.67. The average molecular weight is 299 g/mol. The van der Waals surface area contributed by atoms with Crippen molar-refractivity contribution in [3.05, 3.63) is 36.0 Å². The maximum atomic E-state index is 11.1. The van der Waals surface area contributed by atoms with Crippen molar-refractivity contribution in [1.29, 1.82) is 0 Å². The summed E-state index contributed by atoms with van der Waals surface area (Å²) < 4.78 is 5.39. The molecule has 5 heteroatoms. The second-order valence-electron chi connectivity index (χ2n) is 5.76. The van der Waals surface area contributed by atoms with Crippen LogP contribution < -0.4 is 10.1 Å². The van der Waals surface area contributed by atoms with Crippen LogP contribution in [0.3, 0.4) is 0 Å². The highest BCUT2D eigenvalue weighted by Crippen LogP contribution is 2.24. The predicted molar refractivity (Wildman–Crippen MR) is 85.8 cm³/mol. The van der Waals surface area contributed by atoms with Gasteiger partial charge in [-0.05, 0) is 18.6 Å². The molecule has 1 aliphatic rings. The quantitative estimate of drug-likeness (QED) is 0.937. The minimum absolute atomic E-state index is 0.0421. The van der Waals surface area contributed by atoms with Gasteiger partial charge in [0.15, 0.2) is 0 Å². The Labute approximate surface area is 130 Å². The van der Waals surface area contributed by atoms with Crippen molar-refractivity contribution < 1.29 is 9.53 Å². The third-order valence-corrected chi connectivity index (χ3v) is 4.03. The number of benzene rings is 1. The van der Waals surface area contributed by atoms with Crippen molar-refractivity contribution in [3.63, 3.8) is 0 Å². The largest absolute Gasteiger partial charge is 0.494 e. The molecule has 1 fully saturated rings.